The number of nitrogens with one attached hydrogen (secondary N) is 1. The zero-order valence-electron chi connectivity index (χ0n) is 14.6. The Hall–Kier alpha value is -1.22. The van der Waals surface area contributed by atoms with Crippen LogP contribution in [0.25, 0.3) is 0 Å². The molecule has 140 valence electrons. The van der Waals surface area contributed by atoms with Crippen molar-refractivity contribution in [2.45, 2.75) is 33.3 Å². The van der Waals surface area contributed by atoms with Crippen molar-refractivity contribution in [2.24, 2.45) is 11.8 Å². The Bertz CT molecular complexity index is 716. The minimum atomic E-state index is -3.53. The van der Waals surface area contributed by atoms with Gasteiger partial charge in [0.2, 0.25) is 0 Å². The zero-order valence-corrected chi connectivity index (χ0v) is 15.4. The number of ether oxygens (including phenoxy) is 2. The third-order valence-electron chi connectivity index (χ3n) is 4.61. The van der Waals surface area contributed by atoms with Gasteiger partial charge in [-0.3, -0.25) is 0 Å². The molecule has 0 aliphatic carbocycles. The number of fused-ring (bicyclic) bond motifs is 1. The van der Waals surface area contributed by atoms with E-state index in [0.717, 1.165) is 6.42 Å². The molecule has 2 atom stereocenters. The molecule has 1 aromatic carbocycles. The summed E-state index contributed by atoms with van der Waals surface area (Å²) in [6.45, 7) is 5.83. The third kappa shape index (κ3) is 4.49. The lowest BCUT2D eigenvalue weighted by Crippen LogP contribution is -2.48. The molecule has 1 saturated heterocycles. The van der Waals surface area contributed by atoms with Crippen molar-refractivity contribution >= 4 is 10.2 Å². The Morgan fingerprint density at radius 2 is 2.00 bits per heavy atom. The van der Waals surface area contributed by atoms with Crippen molar-refractivity contribution < 1.29 is 22.3 Å². The minimum Gasteiger partial charge on any atom is -0.467 e. The topological polar surface area (TPSA) is 67.9 Å². The molecular weight excluding hydrogens is 347 g/mol. The van der Waals surface area contributed by atoms with E-state index in [9.17, 15) is 12.8 Å². The summed E-state index contributed by atoms with van der Waals surface area (Å²) in [5, 5.41) is 0. The van der Waals surface area contributed by atoms with Crippen LogP contribution in [-0.2, 0) is 28.0 Å². The largest absolute Gasteiger partial charge is 0.467 e. The summed E-state index contributed by atoms with van der Waals surface area (Å²) < 4.78 is 53.5. The maximum atomic E-state index is 13.7. The van der Waals surface area contributed by atoms with Crippen LogP contribution in [-0.4, -0.2) is 39.2 Å². The molecule has 2 heterocycles. The molecule has 8 heteroatoms. The number of nitrogens with zero attached hydrogens (tertiary/aromatic N) is 1. The molecule has 2 aliphatic rings. The van der Waals surface area contributed by atoms with Crippen LogP contribution in [0, 0.1) is 17.7 Å². The molecule has 0 saturated carbocycles. The standard InChI is InChI=1S/C17H25FN2O4S/c1-12-5-13(2)9-20(8-12)25(21,22)19-4-3-14-6-16(18)7-15-10-23-11-24-17(14)15/h6-7,12-13,19H,3-5,8-11H2,1-2H3/t12-,13+. The highest BCUT2D eigenvalue weighted by Crippen LogP contribution is 2.29. The summed E-state index contributed by atoms with van der Waals surface area (Å²) in [5.41, 5.74) is 1.31. The summed E-state index contributed by atoms with van der Waals surface area (Å²) in [5.74, 6) is 0.935. The highest BCUT2D eigenvalue weighted by atomic mass is 32.2. The van der Waals surface area contributed by atoms with Crippen LogP contribution in [0.3, 0.4) is 0 Å². The van der Waals surface area contributed by atoms with Crippen molar-refractivity contribution in [3.05, 3.63) is 29.1 Å². The van der Waals surface area contributed by atoms with Gasteiger partial charge < -0.3 is 9.47 Å². The molecule has 1 fully saturated rings. The molecule has 1 N–H and O–H groups in total. The molecule has 0 aromatic heterocycles. The minimum absolute atomic E-state index is 0.126. The number of hydrogen-bond donors (Lipinski definition) is 1. The average molecular weight is 372 g/mol. The Kier molecular flexibility index (Phi) is 5.62. The fourth-order valence-electron chi connectivity index (χ4n) is 3.65. The molecule has 3 rings (SSSR count). The van der Waals surface area contributed by atoms with E-state index in [0.29, 0.717) is 54.8 Å². The average Bonchev–Trinajstić information content (AvgIpc) is 2.53. The first-order chi connectivity index (χ1) is 11.8. The molecule has 2 aliphatic heterocycles. The first kappa shape index (κ1) is 18.6. The molecule has 0 bridgehead atoms. The van der Waals surface area contributed by atoms with Gasteiger partial charge in [0.05, 0.1) is 6.61 Å². The van der Waals surface area contributed by atoms with Gasteiger partial charge >= 0.3 is 0 Å². The Labute approximate surface area is 148 Å². The van der Waals surface area contributed by atoms with Crippen molar-refractivity contribution in [2.75, 3.05) is 26.4 Å². The Balaban J connectivity index is 1.64. The fraction of sp³-hybridized carbons (Fsp3) is 0.647. The second-order valence-electron chi connectivity index (χ2n) is 7.08. The second kappa shape index (κ2) is 7.57. The highest BCUT2D eigenvalue weighted by molar-refractivity contribution is 7.87. The van der Waals surface area contributed by atoms with Crippen molar-refractivity contribution in [1.29, 1.82) is 0 Å². The number of piperidine rings is 1. The van der Waals surface area contributed by atoms with Crippen molar-refractivity contribution in [1.82, 2.24) is 9.03 Å². The summed E-state index contributed by atoms with van der Waals surface area (Å²) in [4.78, 5) is 0. The molecule has 0 amide bonds. The van der Waals surface area contributed by atoms with E-state index in [4.69, 9.17) is 9.47 Å². The Morgan fingerprint density at radius 3 is 2.72 bits per heavy atom. The lowest BCUT2D eigenvalue weighted by atomic mass is 9.94. The van der Waals surface area contributed by atoms with Gasteiger partial charge in [0.1, 0.15) is 11.6 Å². The highest BCUT2D eigenvalue weighted by Gasteiger charge is 2.30. The van der Waals surface area contributed by atoms with Crippen LogP contribution < -0.4 is 9.46 Å². The van der Waals surface area contributed by atoms with Crippen LogP contribution in [0.5, 0.6) is 5.75 Å². The molecule has 0 unspecified atom stereocenters. The van der Waals surface area contributed by atoms with Gasteiger partial charge in [0, 0.05) is 25.2 Å². The molecular formula is C17H25FN2O4S. The summed E-state index contributed by atoms with van der Waals surface area (Å²) in [6, 6.07) is 2.78. The van der Waals surface area contributed by atoms with E-state index < -0.39 is 10.2 Å². The van der Waals surface area contributed by atoms with Crippen LogP contribution in [0.1, 0.15) is 31.4 Å². The smallest absolute Gasteiger partial charge is 0.279 e. The van der Waals surface area contributed by atoms with Crippen LogP contribution in [0.15, 0.2) is 12.1 Å². The fourth-order valence-corrected chi connectivity index (χ4v) is 5.09. The predicted octanol–water partition coefficient (Wildman–Crippen LogP) is 2.05. The van der Waals surface area contributed by atoms with Gasteiger partial charge in [-0.15, -0.1) is 0 Å². The first-order valence-electron chi connectivity index (χ1n) is 8.61. The number of rotatable bonds is 5. The van der Waals surface area contributed by atoms with E-state index in [-0.39, 0.29) is 19.2 Å². The lowest BCUT2D eigenvalue weighted by molar-refractivity contribution is -0.0172. The van der Waals surface area contributed by atoms with E-state index in [2.05, 4.69) is 18.6 Å². The van der Waals surface area contributed by atoms with Gasteiger partial charge in [-0.2, -0.15) is 12.7 Å². The zero-order chi connectivity index (χ0) is 18.0. The van der Waals surface area contributed by atoms with Crippen LogP contribution >= 0.6 is 0 Å². The van der Waals surface area contributed by atoms with Gasteiger partial charge in [-0.05, 0) is 42.4 Å². The third-order valence-corrected chi connectivity index (χ3v) is 6.15. The molecule has 0 spiro atoms. The molecule has 6 nitrogen and oxygen atoms in total. The number of benzene rings is 1. The van der Waals surface area contributed by atoms with E-state index in [1.807, 2.05) is 0 Å². The van der Waals surface area contributed by atoms with Crippen molar-refractivity contribution in [3.8, 4) is 5.75 Å². The van der Waals surface area contributed by atoms with Gasteiger partial charge in [0.15, 0.2) is 6.79 Å². The van der Waals surface area contributed by atoms with Crippen LogP contribution in [0.4, 0.5) is 4.39 Å². The van der Waals surface area contributed by atoms with E-state index >= 15 is 0 Å². The lowest BCUT2D eigenvalue weighted by Gasteiger charge is -2.34. The monoisotopic (exact) mass is 372 g/mol. The van der Waals surface area contributed by atoms with Crippen LogP contribution in [0.2, 0.25) is 0 Å². The number of hydrogen-bond acceptors (Lipinski definition) is 4. The Morgan fingerprint density at radius 1 is 1.28 bits per heavy atom. The second-order valence-corrected chi connectivity index (χ2v) is 8.83. The summed E-state index contributed by atoms with van der Waals surface area (Å²) >= 11 is 0. The normalized spacial score (nSPS) is 24.6. The number of halogens is 1. The predicted molar refractivity (Wildman–Crippen MR) is 91.8 cm³/mol. The van der Waals surface area contributed by atoms with Crippen molar-refractivity contribution in [3.63, 3.8) is 0 Å². The molecule has 25 heavy (non-hydrogen) atoms. The van der Waals surface area contributed by atoms with E-state index in [1.165, 1.54) is 16.4 Å². The first-order valence-corrected chi connectivity index (χ1v) is 10.1. The van der Waals surface area contributed by atoms with Gasteiger partial charge in [-0.1, -0.05) is 13.8 Å². The quantitative estimate of drug-likeness (QED) is 0.859. The molecule has 0 radical (unpaired) electrons. The SMILES string of the molecule is C[C@@H]1C[C@H](C)CN(S(=O)(=O)NCCc2cc(F)cc3c2OCOC3)C1. The molecule has 1 aromatic rings. The maximum Gasteiger partial charge on any atom is 0.279 e. The maximum absolute atomic E-state index is 13.7. The van der Waals surface area contributed by atoms with Gasteiger partial charge in [0.25, 0.3) is 10.2 Å². The summed E-state index contributed by atoms with van der Waals surface area (Å²) in [6.07, 6.45) is 1.40. The summed E-state index contributed by atoms with van der Waals surface area (Å²) in [7, 11) is -3.53. The van der Waals surface area contributed by atoms with Gasteiger partial charge in [-0.25, -0.2) is 9.11 Å². The van der Waals surface area contributed by atoms with E-state index in [1.54, 1.807) is 0 Å².